The van der Waals surface area contributed by atoms with Crippen molar-refractivity contribution in [1.29, 1.82) is 0 Å². The Morgan fingerprint density at radius 2 is 1.42 bits per heavy atom. The number of para-hydroxylation sites is 2. The molecule has 26 heavy (non-hydrogen) atoms. The molecule has 3 aromatic rings. The molecular formula is C19H13Cl2N3O2. The Labute approximate surface area is 160 Å². The maximum atomic E-state index is 12.5. The van der Waals surface area contributed by atoms with Crippen LogP contribution < -0.4 is 10.6 Å². The smallest absolute Gasteiger partial charge is 0.257 e. The van der Waals surface area contributed by atoms with E-state index in [1.54, 1.807) is 54.7 Å². The molecule has 130 valence electrons. The number of aromatic nitrogens is 1. The molecule has 7 heteroatoms. The molecule has 1 aromatic heterocycles. The van der Waals surface area contributed by atoms with Crippen LogP contribution in [0.4, 0.5) is 11.4 Å². The van der Waals surface area contributed by atoms with Crippen LogP contribution in [0.25, 0.3) is 0 Å². The third kappa shape index (κ3) is 4.20. The molecule has 0 unspecified atom stereocenters. The molecule has 0 spiro atoms. The second kappa shape index (κ2) is 7.99. The second-order valence-electron chi connectivity index (χ2n) is 5.32. The van der Waals surface area contributed by atoms with E-state index in [1.165, 1.54) is 12.3 Å². The van der Waals surface area contributed by atoms with Crippen LogP contribution in [0.5, 0.6) is 0 Å². The van der Waals surface area contributed by atoms with Crippen LogP contribution in [0.15, 0.2) is 67.0 Å². The summed E-state index contributed by atoms with van der Waals surface area (Å²) in [6, 6.07) is 14.8. The summed E-state index contributed by atoms with van der Waals surface area (Å²) >= 11 is 11.8. The summed E-state index contributed by atoms with van der Waals surface area (Å²) in [4.78, 5) is 28.7. The summed E-state index contributed by atoms with van der Waals surface area (Å²) in [7, 11) is 0. The number of pyridine rings is 1. The molecule has 3 rings (SSSR count). The summed E-state index contributed by atoms with van der Waals surface area (Å²) in [5, 5.41) is 6.18. The van der Waals surface area contributed by atoms with Gasteiger partial charge in [-0.15, -0.1) is 0 Å². The fourth-order valence-electron chi connectivity index (χ4n) is 2.22. The molecule has 0 aliphatic heterocycles. The fraction of sp³-hybridized carbons (Fsp3) is 0. The number of halogens is 2. The van der Waals surface area contributed by atoms with Gasteiger partial charge in [-0.2, -0.15) is 0 Å². The zero-order valence-corrected chi connectivity index (χ0v) is 14.9. The van der Waals surface area contributed by atoms with E-state index in [1.807, 2.05) is 0 Å². The van der Waals surface area contributed by atoms with Crippen molar-refractivity contribution in [3.05, 3.63) is 88.2 Å². The van der Waals surface area contributed by atoms with Gasteiger partial charge in [0.15, 0.2) is 0 Å². The van der Waals surface area contributed by atoms with Gasteiger partial charge < -0.3 is 10.6 Å². The second-order valence-corrected chi connectivity index (χ2v) is 6.14. The number of amides is 2. The van der Waals surface area contributed by atoms with Gasteiger partial charge >= 0.3 is 0 Å². The fourth-order valence-corrected chi connectivity index (χ4v) is 2.52. The lowest BCUT2D eigenvalue weighted by Gasteiger charge is -2.12. The van der Waals surface area contributed by atoms with Gasteiger partial charge in [0.2, 0.25) is 0 Å². The number of nitrogens with zero attached hydrogens (tertiary/aromatic N) is 1. The van der Waals surface area contributed by atoms with Gasteiger partial charge in [0, 0.05) is 18.0 Å². The minimum absolute atomic E-state index is 0.289. The van der Waals surface area contributed by atoms with E-state index in [2.05, 4.69) is 15.6 Å². The third-order valence-corrected chi connectivity index (χ3v) is 4.27. The minimum Gasteiger partial charge on any atom is -0.320 e. The van der Waals surface area contributed by atoms with E-state index in [0.717, 1.165) is 0 Å². The first-order chi connectivity index (χ1) is 12.5. The number of hydrogen-bond acceptors (Lipinski definition) is 3. The van der Waals surface area contributed by atoms with Crippen molar-refractivity contribution < 1.29 is 9.59 Å². The number of rotatable bonds is 4. The summed E-state index contributed by atoms with van der Waals surface area (Å²) in [5.74, 6) is -0.694. The zero-order chi connectivity index (χ0) is 18.5. The Morgan fingerprint density at radius 1 is 0.769 bits per heavy atom. The lowest BCUT2D eigenvalue weighted by atomic mass is 10.2. The van der Waals surface area contributed by atoms with Gasteiger partial charge in [-0.3, -0.25) is 14.6 Å². The van der Waals surface area contributed by atoms with E-state index in [0.29, 0.717) is 27.5 Å². The Kier molecular flexibility index (Phi) is 5.51. The van der Waals surface area contributed by atoms with Crippen LogP contribution >= 0.6 is 23.2 Å². The normalized spacial score (nSPS) is 10.2. The Morgan fingerprint density at radius 3 is 2.00 bits per heavy atom. The Balaban J connectivity index is 1.79. The van der Waals surface area contributed by atoms with E-state index >= 15 is 0 Å². The van der Waals surface area contributed by atoms with E-state index in [-0.39, 0.29) is 16.8 Å². The number of carbonyl (C=O) groups is 2. The van der Waals surface area contributed by atoms with Crippen LogP contribution in [0.3, 0.4) is 0 Å². The summed E-state index contributed by atoms with van der Waals surface area (Å²) in [6.45, 7) is 0. The molecule has 0 aliphatic carbocycles. The predicted molar refractivity (Wildman–Crippen MR) is 103 cm³/mol. The minimum atomic E-state index is -0.369. The summed E-state index contributed by atoms with van der Waals surface area (Å²) in [5.41, 5.74) is 1.70. The lowest BCUT2D eigenvalue weighted by Crippen LogP contribution is -2.16. The number of hydrogen-bond donors (Lipinski definition) is 2. The van der Waals surface area contributed by atoms with Crippen molar-refractivity contribution in [2.24, 2.45) is 0 Å². The Hall–Kier alpha value is -2.89. The van der Waals surface area contributed by atoms with Crippen molar-refractivity contribution in [3.8, 4) is 0 Å². The highest BCUT2D eigenvalue weighted by Crippen LogP contribution is 2.25. The third-order valence-electron chi connectivity index (χ3n) is 3.53. The van der Waals surface area contributed by atoms with Gasteiger partial charge in [0.1, 0.15) is 0 Å². The maximum Gasteiger partial charge on any atom is 0.257 e. The molecule has 2 N–H and O–H groups in total. The highest BCUT2D eigenvalue weighted by molar-refractivity contribution is 6.42. The van der Waals surface area contributed by atoms with Crippen molar-refractivity contribution in [3.63, 3.8) is 0 Å². The monoisotopic (exact) mass is 385 g/mol. The molecule has 0 aliphatic rings. The molecular weight excluding hydrogens is 373 g/mol. The molecule has 2 amide bonds. The van der Waals surface area contributed by atoms with Crippen molar-refractivity contribution in [1.82, 2.24) is 4.98 Å². The van der Waals surface area contributed by atoms with Crippen LogP contribution in [0.1, 0.15) is 20.7 Å². The van der Waals surface area contributed by atoms with Crippen LogP contribution in [-0.4, -0.2) is 16.8 Å². The average Bonchev–Trinajstić information content (AvgIpc) is 2.66. The van der Waals surface area contributed by atoms with Crippen molar-refractivity contribution >= 4 is 46.4 Å². The van der Waals surface area contributed by atoms with E-state index in [4.69, 9.17) is 23.2 Å². The first-order valence-electron chi connectivity index (χ1n) is 7.61. The number of benzene rings is 2. The first kappa shape index (κ1) is 17.9. The molecule has 0 saturated heterocycles. The van der Waals surface area contributed by atoms with Crippen molar-refractivity contribution in [2.45, 2.75) is 0 Å². The quantitative estimate of drug-likeness (QED) is 0.671. The van der Waals surface area contributed by atoms with Gasteiger partial charge in [-0.25, -0.2) is 0 Å². The van der Waals surface area contributed by atoms with Crippen LogP contribution in [0.2, 0.25) is 10.0 Å². The SMILES string of the molecule is O=C(Nc1ccccc1NC(=O)c1ccc(Cl)c(Cl)c1)c1cccnc1. The topological polar surface area (TPSA) is 71.1 Å². The Bertz CT molecular complexity index is 962. The molecule has 5 nitrogen and oxygen atoms in total. The number of carbonyl (C=O) groups excluding carboxylic acids is 2. The molecule has 0 fully saturated rings. The highest BCUT2D eigenvalue weighted by Gasteiger charge is 2.13. The van der Waals surface area contributed by atoms with Gasteiger partial charge in [-0.05, 0) is 42.5 Å². The first-order valence-corrected chi connectivity index (χ1v) is 8.37. The van der Waals surface area contributed by atoms with Gasteiger partial charge in [0.25, 0.3) is 11.8 Å². The lowest BCUT2D eigenvalue weighted by molar-refractivity contribution is 0.101. The van der Waals surface area contributed by atoms with E-state index in [9.17, 15) is 9.59 Å². The summed E-state index contributed by atoms with van der Waals surface area (Å²) < 4.78 is 0. The average molecular weight is 386 g/mol. The zero-order valence-electron chi connectivity index (χ0n) is 13.4. The molecule has 1 heterocycles. The highest BCUT2D eigenvalue weighted by atomic mass is 35.5. The molecule has 2 aromatic carbocycles. The standard InChI is InChI=1S/C19H13Cl2N3O2/c20-14-8-7-12(10-15(14)21)18(25)23-16-5-1-2-6-17(16)24-19(26)13-4-3-9-22-11-13/h1-11H,(H,23,25)(H,24,26). The van der Waals surface area contributed by atoms with Gasteiger partial charge in [0.05, 0.1) is 27.0 Å². The van der Waals surface area contributed by atoms with Crippen molar-refractivity contribution in [2.75, 3.05) is 10.6 Å². The molecule has 0 bridgehead atoms. The summed E-state index contributed by atoms with van der Waals surface area (Å²) in [6.07, 6.45) is 3.05. The van der Waals surface area contributed by atoms with Gasteiger partial charge in [-0.1, -0.05) is 35.3 Å². The predicted octanol–water partition coefficient (Wildman–Crippen LogP) is 4.89. The van der Waals surface area contributed by atoms with Crippen LogP contribution in [-0.2, 0) is 0 Å². The maximum absolute atomic E-state index is 12.5. The molecule has 0 saturated carbocycles. The number of anilines is 2. The van der Waals surface area contributed by atoms with Crippen LogP contribution in [0, 0.1) is 0 Å². The number of nitrogens with one attached hydrogen (secondary N) is 2. The largest absolute Gasteiger partial charge is 0.320 e. The van der Waals surface area contributed by atoms with E-state index < -0.39 is 0 Å². The molecule has 0 radical (unpaired) electrons. The molecule has 0 atom stereocenters.